The molecule has 0 radical (unpaired) electrons. The highest BCUT2D eigenvalue weighted by Crippen LogP contribution is 2.52. The SMILES string of the molecule is CC(C)N1c2ccccc2N(c2cc(C(C)(C)C)ccn2)c2cc(-c3ccc4cccc(O)c4n3)ccc21. The van der Waals surface area contributed by atoms with E-state index in [9.17, 15) is 5.11 Å². The molecule has 0 amide bonds. The largest absolute Gasteiger partial charge is 0.506 e. The lowest BCUT2D eigenvalue weighted by molar-refractivity contribution is 0.480. The van der Waals surface area contributed by atoms with Crippen molar-refractivity contribution in [1.82, 2.24) is 9.97 Å². The van der Waals surface area contributed by atoms with E-state index >= 15 is 0 Å². The maximum absolute atomic E-state index is 10.4. The van der Waals surface area contributed by atoms with Crippen LogP contribution in [0.15, 0.2) is 91.1 Å². The molecule has 2 aromatic heterocycles. The molecule has 1 N–H and O–H groups in total. The van der Waals surface area contributed by atoms with Crippen LogP contribution in [0.25, 0.3) is 22.2 Å². The number of benzene rings is 3. The predicted molar refractivity (Wildman–Crippen MR) is 157 cm³/mol. The quantitative estimate of drug-likeness (QED) is 0.269. The Morgan fingerprint density at radius 3 is 2.29 bits per heavy atom. The van der Waals surface area contributed by atoms with Crippen LogP contribution >= 0.6 is 0 Å². The molecule has 38 heavy (non-hydrogen) atoms. The molecule has 3 aromatic carbocycles. The van der Waals surface area contributed by atoms with Crippen LogP contribution in [0.3, 0.4) is 0 Å². The Labute approximate surface area is 224 Å². The zero-order valence-electron chi connectivity index (χ0n) is 22.5. The first-order valence-corrected chi connectivity index (χ1v) is 13.1. The summed E-state index contributed by atoms with van der Waals surface area (Å²) in [4.78, 5) is 14.3. The summed E-state index contributed by atoms with van der Waals surface area (Å²) in [5, 5.41) is 11.3. The fourth-order valence-corrected chi connectivity index (χ4v) is 5.28. The van der Waals surface area contributed by atoms with Crippen LogP contribution < -0.4 is 9.80 Å². The maximum atomic E-state index is 10.4. The minimum absolute atomic E-state index is 0.00133. The lowest BCUT2D eigenvalue weighted by Gasteiger charge is -2.42. The maximum Gasteiger partial charge on any atom is 0.141 e. The first-order valence-electron chi connectivity index (χ1n) is 13.1. The first-order chi connectivity index (χ1) is 18.2. The van der Waals surface area contributed by atoms with Crippen molar-refractivity contribution in [2.24, 2.45) is 0 Å². The summed E-state index contributed by atoms with van der Waals surface area (Å²) < 4.78 is 0. The van der Waals surface area contributed by atoms with Crippen molar-refractivity contribution >= 4 is 39.5 Å². The number of hydrogen-bond donors (Lipinski definition) is 1. The van der Waals surface area contributed by atoms with Crippen LogP contribution in [0.5, 0.6) is 5.75 Å². The van der Waals surface area contributed by atoms with Gasteiger partial charge in [0, 0.05) is 23.2 Å². The molecule has 0 saturated carbocycles. The Morgan fingerprint density at radius 2 is 1.53 bits per heavy atom. The number of phenols is 1. The van der Waals surface area contributed by atoms with Crippen LogP contribution in [-0.2, 0) is 5.41 Å². The number of fused-ring (bicyclic) bond motifs is 3. The lowest BCUT2D eigenvalue weighted by Crippen LogP contribution is -2.32. The summed E-state index contributed by atoms with van der Waals surface area (Å²) in [7, 11) is 0. The lowest BCUT2D eigenvalue weighted by atomic mass is 9.87. The van der Waals surface area contributed by atoms with E-state index in [2.05, 4.69) is 99.0 Å². The van der Waals surface area contributed by atoms with Gasteiger partial charge in [-0.05, 0) is 73.4 Å². The number of para-hydroxylation sites is 3. The molecule has 0 spiro atoms. The molecule has 1 aliphatic rings. The monoisotopic (exact) mass is 500 g/mol. The number of aromatic nitrogens is 2. The topological polar surface area (TPSA) is 52.5 Å². The number of aromatic hydroxyl groups is 1. The van der Waals surface area contributed by atoms with Crippen molar-refractivity contribution < 1.29 is 5.11 Å². The van der Waals surface area contributed by atoms with E-state index in [0.29, 0.717) is 5.52 Å². The van der Waals surface area contributed by atoms with Crippen LogP contribution in [-0.4, -0.2) is 21.1 Å². The van der Waals surface area contributed by atoms with Gasteiger partial charge in [-0.3, -0.25) is 4.90 Å². The van der Waals surface area contributed by atoms with Gasteiger partial charge in [0.1, 0.15) is 17.1 Å². The fraction of sp³-hybridized carbons (Fsp3) is 0.212. The summed E-state index contributed by atoms with van der Waals surface area (Å²) in [6.45, 7) is 11.1. The third kappa shape index (κ3) is 3.95. The Kier molecular flexibility index (Phi) is 5.60. The van der Waals surface area contributed by atoms with Gasteiger partial charge in [0.2, 0.25) is 0 Å². The van der Waals surface area contributed by atoms with Gasteiger partial charge < -0.3 is 10.0 Å². The zero-order valence-corrected chi connectivity index (χ0v) is 22.5. The van der Waals surface area contributed by atoms with Gasteiger partial charge in [-0.25, -0.2) is 9.97 Å². The number of phenolic OH excluding ortho intramolecular Hbond substituents is 1. The van der Waals surface area contributed by atoms with Crippen molar-refractivity contribution in [2.75, 3.05) is 9.80 Å². The number of hydrogen-bond acceptors (Lipinski definition) is 5. The van der Waals surface area contributed by atoms with Gasteiger partial charge in [-0.15, -0.1) is 0 Å². The van der Waals surface area contributed by atoms with E-state index in [0.717, 1.165) is 45.2 Å². The Balaban J connectivity index is 1.59. The van der Waals surface area contributed by atoms with E-state index in [-0.39, 0.29) is 17.2 Å². The standard InChI is InChI=1S/C33H32N4O/c1-21(2)36-26-10-6-7-11-27(26)37(31-20-24(17-18-34-31)33(3,4)5)29-19-23(14-16-28(29)36)25-15-13-22-9-8-12-30(38)32(22)35-25/h6-21,38H,1-5H3. The van der Waals surface area contributed by atoms with Gasteiger partial charge in [0.15, 0.2) is 0 Å². The highest BCUT2D eigenvalue weighted by Gasteiger charge is 2.32. The summed E-state index contributed by atoms with van der Waals surface area (Å²) in [5.41, 5.74) is 8.04. The zero-order chi connectivity index (χ0) is 26.6. The van der Waals surface area contributed by atoms with Crippen LogP contribution in [0.2, 0.25) is 0 Å². The van der Waals surface area contributed by atoms with Crippen molar-refractivity contribution in [2.45, 2.75) is 46.1 Å². The fourth-order valence-electron chi connectivity index (χ4n) is 5.28. The molecular weight excluding hydrogens is 468 g/mol. The van der Waals surface area contributed by atoms with Gasteiger partial charge in [-0.1, -0.05) is 57.2 Å². The molecule has 0 atom stereocenters. The van der Waals surface area contributed by atoms with Crippen molar-refractivity contribution in [3.05, 3.63) is 96.7 Å². The van der Waals surface area contributed by atoms with E-state index < -0.39 is 0 Å². The van der Waals surface area contributed by atoms with Gasteiger partial charge in [0.25, 0.3) is 0 Å². The number of pyridine rings is 2. The molecule has 6 rings (SSSR count). The number of anilines is 5. The number of nitrogens with zero attached hydrogens (tertiary/aromatic N) is 4. The predicted octanol–water partition coefficient (Wildman–Crippen LogP) is 8.63. The second-order valence-corrected chi connectivity index (χ2v) is 11.2. The van der Waals surface area contributed by atoms with E-state index in [1.54, 1.807) is 6.07 Å². The van der Waals surface area contributed by atoms with E-state index in [4.69, 9.17) is 9.97 Å². The Bertz CT molecular complexity index is 1670. The van der Waals surface area contributed by atoms with Crippen LogP contribution in [0.1, 0.15) is 40.2 Å². The molecule has 5 nitrogen and oxygen atoms in total. The molecule has 0 aliphatic carbocycles. The molecule has 3 heterocycles. The molecule has 1 aliphatic heterocycles. The molecule has 5 heteroatoms. The summed E-state index contributed by atoms with van der Waals surface area (Å²) in [5.74, 6) is 1.07. The Hall–Kier alpha value is -4.38. The molecule has 0 unspecified atom stereocenters. The van der Waals surface area contributed by atoms with Gasteiger partial charge in [-0.2, -0.15) is 0 Å². The van der Waals surface area contributed by atoms with Crippen molar-refractivity contribution in [3.8, 4) is 17.0 Å². The van der Waals surface area contributed by atoms with Crippen LogP contribution in [0.4, 0.5) is 28.6 Å². The van der Waals surface area contributed by atoms with E-state index in [1.807, 2.05) is 30.5 Å². The Morgan fingerprint density at radius 1 is 0.763 bits per heavy atom. The third-order valence-electron chi connectivity index (χ3n) is 7.21. The normalized spacial score (nSPS) is 13.1. The van der Waals surface area contributed by atoms with Crippen molar-refractivity contribution in [3.63, 3.8) is 0 Å². The minimum Gasteiger partial charge on any atom is -0.506 e. The number of rotatable bonds is 3. The highest BCUT2D eigenvalue weighted by atomic mass is 16.3. The van der Waals surface area contributed by atoms with Gasteiger partial charge >= 0.3 is 0 Å². The first kappa shape index (κ1) is 24.0. The van der Waals surface area contributed by atoms with Crippen molar-refractivity contribution in [1.29, 1.82) is 0 Å². The average molecular weight is 501 g/mol. The van der Waals surface area contributed by atoms with Gasteiger partial charge in [0.05, 0.1) is 28.4 Å². The minimum atomic E-state index is -0.00133. The van der Waals surface area contributed by atoms with E-state index in [1.165, 1.54) is 5.56 Å². The summed E-state index contributed by atoms with van der Waals surface area (Å²) in [6.07, 6.45) is 1.91. The molecule has 0 bridgehead atoms. The average Bonchev–Trinajstić information content (AvgIpc) is 2.91. The van der Waals surface area contributed by atoms with Crippen LogP contribution in [0, 0.1) is 0 Å². The smallest absolute Gasteiger partial charge is 0.141 e. The molecule has 0 saturated heterocycles. The molecule has 0 fully saturated rings. The second-order valence-electron chi connectivity index (χ2n) is 11.2. The molecule has 190 valence electrons. The molecule has 5 aromatic rings. The highest BCUT2D eigenvalue weighted by molar-refractivity contribution is 5.99. The molecular formula is C33H32N4O. The summed E-state index contributed by atoms with van der Waals surface area (Å²) >= 11 is 0. The summed E-state index contributed by atoms with van der Waals surface area (Å²) in [6, 6.07) is 29.1. The third-order valence-corrected chi connectivity index (χ3v) is 7.21. The second kappa shape index (κ2) is 8.88.